The Labute approximate surface area is 173 Å². The van der Waals surface area contributed by atoms with Crippen molar-refractivity contribution in [3.05, 3.63) is 48.5 Å². The van der Waals surface area contributed by atoms with Gasteiger partial charge < -0.3 is 15.0 Å². The van der Waals surface area contributed by atoms with Crippen LogP contribution in [-0.2, 0) is 9.53 Å². The van der Waals surface area contributed by atoms with Crippen molar-refractivity contribution in [1.29, 1.82) is 0 Å². The number of fused-ring (bicyclic) bond motifs is 1. The molecule has 1 N–H and O–H groups in total. The van der Waals surface area contributed by atoms with Crippen LogP contribution in [0.15, 0.2) is 52.9 Å². The van der Waals surface area contributed by atoms with Gasteiger partial charge in [0.1, 0.15) is 0 Å². The number of benzene rings is 2. The summed E-state index contributed by atoms with van der Waals surface area (Å²) in [5.74, 6) is 0.315. The van der Waals surface area contributed by atoms with E-state index in [1.54, 1.807) is 11.3 Å². The lowest BCUT2D eigenvalue weighted by molar-refractivity contribution is -0.113. The van der Waals surface area contributed by atoms with Crippen molar-refractivity contribution in [1.82, 2.24) is 4.98 Å². The fraction of sp³-hybridized carbons (Fsp3) is 0.333. The average Bonchev–Trinajstić information content (AvgIpc) is 3.09. The van der Waals surface area contributed by atoms with E-state index >= 15 is 0 Å². The van der Waals surface area contributed by atoms with Crippen LogP contribution in [-0.4, -0.2) is 41.9 Å². The number of carbonyl (C=O) groups is 1. The molecule has 2 atom stereocenters. The standard InChI is InChI=1S/C21H23N3O2S2/c1-14-11-24(12-15(2)26-14)18-9-5-3-7-16(18)22-20(25)13-27-21-23-17-8-4-6-10-19(17)28-21/h3-10,14-15H,11-13H2,1-2H3,(H,22,25)/t14-,15-/m0/s1. The average molecular weight is 414 g/mol. The Morgan fingerprint density at radius 2 is 1.89 bits per heavy atom. The van der Waals surface area contributed by atoms with Crippen LogP contribution < -0.4 is 10.2 Å². The summed E-state index contributed by atoms with van der Waals surface area (Å²) < 4.78 is 7.90. The Hall–Kier alpha value is -2.09. The first-order valence-corrected chi connectivity index (χ1v) is 11.2. The van der Waals surface area contributed by atoms with Gasteiger partial charge in [0.05, 0.1) is 39.6 Å². The smallest absolute Gasteiger partial charge is 0.234 e. The molecule has 146 valence electrons. The molecular weight excluding hydrogens is 390 g/mol. The van der Waals surface area contributed by atoms with E-state index in [0.29, 0.717) is 5.75 Å². The molecule has 5 nitrogen and oxygen atoms in total. The number of thiazole rings is 1. The molecule has 0 unspecified atom stereocenters. The van der Waals surface area contributed by atoms with E-state index in [9.17, 15) is 4.79 Å². The third-order valence-electron chi connectivity index (χ3n) is 4.54. The maximum Gasteiger partial charge on any atom is 0.234 e. The van der Waals surface area contributed by atoms with Crippen LogP contribution in [0.2, 0.25) is 0 Å². The Bertz CT molecular complexity index is 932. The van der Waals surface area contributed by atoms with Crippen molar-refractivity contribution in [3.8, 4) is 0 Å². The van der Waals surface area contributed by atoms with Crippen molar-refractivity contribution < 1.29 is 9.53 Å². The van der Waals surface area contributed by atoms with E-state index in [2.05, 4.69) is 41.2 Å². The summed E-state index contributed by atoms with van der Waals surface area (Å²) in [5, 5.41) is 3.08. The van der Waals surface area contributed by atoms with Crippen LogP contribution in [0, 0.1) is 0 Å². The number of anilines is 2. The number of nitrogens with zero attached hydrogens (tertiary/aromatic N) is 2. The Morgan fingerprint density at radius 1 is 1.18 bits per heavy atom. The van der Waals surface area contributed by atoms with Gasteiger partial charge >= 0.3 is 0 Å². The summed E-state index contributed by atoms with van der Waals surface area (Å²) >= 11 is 3.10. The first kappa shape index (κ1) is 19.2. The Morgan fingerprint density at radius 3 is 2.68 bits per heavy atom. The Balaban J connectivity index is 1.41. The minimum atomic E-state index is -0.0222. The fourth-order valence-corrected chi connectivity index (χ4v) is 5.32. The van der Waals surface area contributed by atoms with Gasteiger partial charge in [0.25, 0.3) is 0 Å². The predicted octanol–water partition coefficient (Wildman–Crippen LogP) is 4.64. The van der Waals surface area contributed by atoms with Gasteiger partial charge in [-0.2, -0.15) is 0 Å². The maximum absolute atomic E-state index is 12.6. The maximum atomic E-state index is 12.6. The van der Waals surface area contributed by atoms with Crippen LogP contribution in [0.25, 0.3) is 10.2 Å². The number of para-hydroxylation sites is 3. The summed E-state index contributed by atoms with van der Waals surface area (Å²) in [6, 6.07) is 16.0. The molecular formula is C21H23N3O2S2. The second-order valence-corrected chi connectivity index (χ2v) is 9.22. The van der Waals surface area contributed by atoms with Gasteiger partial charge in [-0.3, -0.25) is 4.79 Å². The predicted molar refractivity (Wildman–Crippen MR) is 118 cm³/mol. The molecule has 1 aliphatic heterocycles. The molecule has 0 radical (unpaired) electrons. The number of rotatable bonds is 5. The monoisotopic (exact) mass is 413 g/mol. The molecule has 1 saturated heterocycles. The molecule has 4 rings (SSSR count). The van der Waals surface area contributed by atoms with E-state index in [4.69, 9.17) is 4.74 Å². The van der Waals surface area contributed by atoms with Crippen molar-refractivity contribution in [2.75, 3.05) is 29.1 Å². The summed E-state index contributed by atoms with van der Waals surface area (Å²) in [4.78, 5) is 19.4. The molecule has 1 aliphatic rings. The molecule has 0 saturated carbocycles. The van der Waals surface area contributed by atoms with Gasteiger partial charge in [-0.15, -0.1) is 11.3 Å². The highest BCUT2D eigenvalue weighted by molar-refractivity contribution is 8.01. The summed E-state index contributed by atoms with van der Waals surface area (Å²) in [6.07, 6.45) is 0.337. The highest BCUT2D eigenvalue weighted by atomic mass is 32.2. The van der Waals surface area contributed by atoms with Gasteiger partial charge in [0.2, 0.25) is 5.91 Å². The van der Waals surface area contributed by atoms with Crippen LogP contribution in [0.4, 0.5) is 11.4 Å². The largest absolute Gasteiger partial charge is 0.372 e. The van der Waals surface area contributed by atoms with E-state index < -0.39 is 0 Å². The van der Waals surface area contributed by atoms with Crippen molar-refractivity contribution in [2.45, 2.75) is 30.4 Å². The summed E-state index contributed by atoms with van der Waals surface area (Å²) in [6.45, 7) is 5.80. The van der Waals surface area contributed by atoms with Crippen LogP contribution >= 0.6 is 23.1 Å². The van der Waals surface area contributed by atoms with Crippen LogP contribution in [0.1, 0.15) is 13.8 Å². The number of amides is 1. The van der Waals surface area contributed by atoms with Gasteiger partial charge in [0, 0.05) is 13.1 Å². The third-order valence-corrected chi connectivity index (χ3v) is 6.72. The van der Waals surface area contributed by atoms with Crippen LogP contribution in [0.5, 0.6) is 0 Å². The quantitative estimate of drug-likeness (QED) is 0.618. The zero-order valence-electron chi connectivity index (χ0n) is 15.9. The lowest BCUT2D eigenvalue weighted by atomic mass is 10.1. The topological polar surface area (TPSA) is 54.5 Å². The van der Waals surface area contributed by atoms with Crippen molar-refractivity contribution in [2.24, 2.45) is 0 Å². The van der Waals surface area contributed by atoms with Crippen LogP contribution in [0.3, 0.4) is 0 Å². The number of hydrogen-bond donors (Lipinski definition) is 1. The molecule has 1 aromatic heterocycles. The number of thioether (sulfide) groups is 1. The molecule has 0 spiro atoms. The van der Waals surface area contributed by atoms with Gasteiger partial charge in [-0.1, -0.05) is 36.0 Å². The zero-order valence-corrected chi connectivity index (χ0v) is 17.6. The van der Waals surface area contributed by atoms with Gasteiger partial charge in [-0.25, -0.2) is 4.98 Å². The molecule has 7 heteroatoms. The lowest BCUT2D eigenvalue weighted by Gasteiger charge is -2.37. The highest BCUT2D eigenvalue weighted by Gasteiger charge is 2.24. The second kappa shape index (κ2) is 8.51. The van der Waals surface area contributed by atoms with E-state index in [1.807, 2.05) is 36.4 Å². The molecule has 1 fully saturated rings. The number of nitrogens with one attached hydrogen (secondary N) is 1. The molecule has 2 heterocycles. The van der Waals surface area contributed by atoms with Gasteiger partial charge in [0.15, 0.2) is 4.34 Å². The zero-order chi connectivity index (χ0) is 19.5. The molecule has 0 bridgehead atoms. The number of hydrogen-bond acceptors (Lipinski definition) is 6. The second-order valence-electron chi connectivity index (χ2n) is 6.96. The molecule has 0 aliphatic carbocycles. The van der Waals surface area contributed by atoms with Crippen molar-refractivity contribution in [3.63, 3.8) is 0 Å². The Kier molecular flexibility index (Phi) is 5.85. The summed E-state index contributed by atoms with van der Waals surface area (Å²) in [5.41, 5.74) is 2.87. The summed E-state index contributed by atoms with van der Waals surface area (Å²) in [7, 11) is 0. The number of morpholine rings is 1. The van der Waals surface area contributed by atoms with E-state index in [-0.39, 0.29) is 18.1 Å². The number of ether oxygens (including phenoxy) is 1. The van der Waals surface area contributed by atoms with Gasteiger partial charge in [-0.05, 0) is 38.1 Å². The SMILES string of the molecule is C[C@H]1CN(c2ccccc2NC(=O)CSc2nc3ccccc3s2)C[C@H](C)O1. The third kappa shape index (κ3) is 4.48. The number of carbonyl (C=O) groups excluding carboxylic acids is 1. The molecule has 1 amide bonds. The minimum absolute atomic E-state index is 0.0222. The first-order chi connectivity index (χ1) is 13.6. The molecule has 2 aromatic carbocycles. The normalized spacial score (nSPS) is 19.7. The fourth-order valence-electron chi connectivity index (χ4n) is 3.46. The van der Waals surface area contributed by atoms with Crippen molar-refractivity contribution >= 4 is 50.6 Å². The minimum Gasteiger partial charge on any atom is -0.372 e. The first-order valence-electron chi connectivity index (χ1n) is 9.36. The lowest BCUT2D eigenvalue weighted by Crippen LogP contribution is -2.45. The molecule has 3 aromatic rings. The molecule has 28 heavy (non-hydrogen) atoms. The van der Waals surface area contributed by atoms with E-state index in [1.165, 1.54) is 11.8 Å². The number of aromatic nitrogens is 1. The highest BCUT2D eigenvalue weighted by Crippen LogP contribution is 2.31. The van der Waals surface area contributed by atoms with E-state index in [0.717, 1.165) is 39.0 Å².